The van der Waals surface area contributed by atoms with Gasteiger partial charge in [0.15, 0.2) is 0 Å². The fraction of sp³-hybridized carbons (Fsp3) is 0.312. The van der Waals surface area contributed by atoms with Crippen LogP contribution < -0.4 is 31.1 Å². The molecule has 412 valence electrons. The van der Waals surface area contributed by atoms with Gasteiger partial charge >= 0.3 is 0 Å². The molecule has 1 aliphatic carbocycles. The van der Waals surface area contributed by atoms with E-state index in [9.17, 15) is 0 Å². The van der Waals surface area contributed by atoms with Crippen LogP contribution in [0.4, 0.5) is 45.5 Å². The molecule has 3 aliphatic heterocycles. The molecule has 5 heteroatoms. The molecule has 4 aliphatic rings. The zero-order valence-electron chi connectivity index (χ0n) is 51.1. The molecule has 2 atom stereocenters. The van der Waals surface area contributed by atoms with E-state index in [-0.39, 0.29) is 39.3 Å². The van der Waals surface area contributed by atoms with E-state index in [0.717, 1.165) is 12.8 Å². The molecular formula is C77H81BN4. The molecule has 0 N–H and O–H groups in total. The highest BCUT2D eigenvalue weighted by Crippen LogP contribution is 2.63. The number of benzene rings is 8. The number of hydrogen-bond acceptors (Lipinski definition) is 4. The van der Waals surface area contributed by atoms with Crippen molar-refractivity contribution in [2.24, 2.45) is 0 Å². The summed E-state index contributed by atoms with van der Waals surface area (Å²) in [4.78, 5) is 12.6. The lowest BCUT2D eigenvalue weighted by atomic mass is 9.33. The van der Waals surface area contributed by atoms with Crippen molar-refractivity contribution in [3.8, 4) is 33.4 Å². The lowest BCUT2D eigenvalue weighted by molar-refractivity contribution is 0.195. The SMILES string of the molecule is CC(C)(C)c1ccc2c(c1)B1c3ccc(C(C)(C)C)cc3N(c3ccc(C(C)(C)C)cc3-c3ccccc3)c3cc(N4c5ccc(-c6ccncc6)cc5C5(C)CCCCC45C)cc(c31)N2c1ccc(C(C)(C)C)cc1-c1ccccc1. The number of rotatable bonds is 6. The Kier molecular flexibility index (Phi) is 12.4. The summed E-state index contributed by atoms with van der Waals surface area (Å²) in [6.07, 6.45) is 8.44. The van der Waals surface area contributed by atoms with Crippen molar-refractivity contribution in [3.05, 3.63) is 216 Å². The number of anilines is 8. The maximum absolute atomic E-state index is 4.42. The second-order valence-corrected chi connectivity index (χ2v) is 28.9. The molecule has 9 aromatic rings. The first kappa shape index (κ1) is 53.7. The molecule has 0 saturated heterocycles. The van der Waals surface area contributed by atoms with E-state index >= 15 is 0 Å². The zero-order chi connectivity index (χ0) is 57.5. The van der Waals surface area contributed by atoms with E-state index in [1.54, 1.807) is 0 Å². The molecule has 0 amide bonds. The summed E-state index contributed by atoms with van der Waals surface area (Å²) in [5.41, 5.74) is 27.2. The molecule has 2 unspecified atom stereocenters. The van der Waals surface area contributed by atoms with Crippen LogP contribution in [0, 0.1) is 0 Å². The van der Waals surface area contributed by atoms with Gasteiger partial charge in [-0.2, -0.15) is 0 Å². The van der Waals surface area contributed by atoms with E-state index in [2.05, 4.69) is 293 Å². The maximum atomic E-state index is 4.42. The highest BCUT2D eigenvalue weighted by atomic mass is 15.3. The van der Waals surface area contributed by atoms with Crippen molar-refractivity contribution < 1.29 is 0 Å². The first-order chi connectivity index (χ1) is 38.9. The maximum Gasteiger partial charge on any atom is 0.252 e. The van der Waals surface area contributed by atoms with Gasteiger partial charge in [-0.25, -0.2) is 0 Å². The second-order valence-electron chi connectivity index (χ2n) is 28.9. The van der Waals surface area contributed by atoms with Crippen LogP contribution in [0.3, 0.4) is 0 Å². The molecule has 1 aromatic heterocycles. The van der Waals surface area contributed by atoms with Gasteiger partial charge in [0.05, 0.1) is 16.9 Å². The van der Waals surface area contributed by atoms with E-state index in [1.165, 1.54) is 136 Å². The van der Waals surface area contributed by atoms with Crippen LogP contribution in [0.25, 0.3) is 33.4 Å². The number of hydrogen-bond donors (Lipinski definition) is 0. The Labute approximate surface area is 490 Å². The van der Waals surface area contributed by atoms with Gasteiger partial charge in [0.25, 0.3) is 6.71 Å². The standard InChI is InChI=1S/C77H81BN4/c1-72(2,3)54-29-34-64(59(44-54)51-23-17-15-18-24-51)80-67-36-31-56(74(7,8)9)46-63(67)78-62-32-28-57(75(10,11)12)47-68(62)81(65-35-30-55(73(4,5)6)45-60(65)52-25-19-16-20-26-52)70-49-58(48-69(80)71(70)78)82-66-33-27-53(50-37-41-79-42-38-50)43-61(66)76(13)39-21-22-40-77(76,82)14/h15-20,23-38,41-49H,21-22,39-40H2,1-14H3. The quantitative estimate of drug-likeness (QED) is 0.155. The Morgan fingerprint density at radius 3 is 1.41 bits per heavy atom. The highest BCUT2D eigenvalue weighted by molar-refractivity contribution is 7.00. The van der Waals surface area contributed by atoms with Crippen LogP contribution >= 0.6 is 0 Å². The number of nitrogens with zero attached hydrogens (tertiary/aromatic N) is 4. The van der Waals surface area contributed by atoms with Gasteiger partial charge in [0.1, 0.15) is 0 Å². The summed E-state index contributed by atoms with van der Waals surface area (Å²) in [5.74, 6) is 0. The van der Waals surface area contributed by atoms with Crippen LogP contribution in [-0.2, 0) is 27.1 Å². The Hall–Kier alpha value is -7.63. The summed E-state index contributed by atoms with van der Waals surface area (Å²) in [6.45, 7) is 33.4. The second kappa shape index (κ2) is 19.0. The fourth-order valence-electron chi connectivity index (χ4n) is 14.5. The minimum atomic E-state index is -0.228. The number of fused-ring (bicyclic) bond motifs is 7. The Bertz CT molecular complexity index is 3960. The van der Waals surface area contributed by atoms with Crippen LogP contribution in [0.1, 0.15) is 150 Å². The molecule has 0 bridgehead atoms. The molecular weight excluding hydrogens is 992 g/mol. The lowest BCUT2D eigenvalue weighted by Crippen LogP contribution is -2.62. The van der Waals surface area contributed by atoms with E-state index in [1.807, 2.05) is 12.4 Å². The van der Waals surface area contributed by atoms with Gasteiger partial charge in [-0.1, -0.05) is 206 Å². The zero-order valence-corrected chi connectivity index (χ0v) is 51.1. The smallest absolute Gasteiger partial charge is 0.252 e. The third kappa shape index (κ3) is 8.57. The summed E-state index contributed by atoms with van der Waals surface area (Å²) in [5, 5.41) is 0. The first-order valence-corrected chi connectivity index (χ1v) is 30.3. The van der Waals surface area contributed by atoms with Crippen LogP contribution in [0.15, 0.2) is 188 Å². The van der Waals surface area contributed by atoms with Gasteiger partial charge in [-0.05, 0) is 181 Å². The van der Waals surface area contributed by atoms with Gasteiger partial charge in [-0.15, -0.1) is 0 Å². The molecule has 4 nitrogen and oxygen atoms in total. The van der Waals surface area contributed by atoms with Crippen molar-refractivity contribution in [2.45, 2.75) is 155 Å². The van der Waals surface area contributed by atoms with Crippen LogP contribution in [0.5, 0.6) is 0 Å². The largest absolute Gasteiger partial charge is 0.334 e. The Balaban J connectivity index is 1.20. The normalized spacial score (nSPS) is 18.4. The summed E-state index contributed by atoms with van der Waals surface area (Å²) in [7, 11) is 0. The lowest BCUT2D eigenvalue weighted by Gasteiger charge is -2.51. The van der Waals surface area contributed by atoms with E-state index in [0.29, 0.717) is 0 Å². The highest BCUT2D eigenvalue weighted by Gasteiger charge is 2.58. The average molecular weight is 1070 g/mol. The predicted molar refractivity (Wildman–Crippen MR) is 352 cm³/mol. The van der Waals surface area contributed by atoms with Crippen LogP contribution in [0.2, 0.25) is 0 Å². The van der Waals surface area contributed by atoms with Crippen molar-refractivity contribution >= 4 is 68.6 Å². The Morgan fingerprint density at radius 2 is 0.866 bits per heavy atom. The predicted octanol–water partition coefficient (Wildman–Crippen LogP) is 19.1. The molecule has 13 rings (SSSR count). The molecule has 0 radical (unpaired) electrons. The molecule has 1 fully saturated rings. The topological polar surface area (TPSA) is 22.6 Å². The van der Waals surface area contributed by atoms with Gasteiger partial charge in [-0.3, -0.25) is 4.98 Å². The van der Waals surface area contributed by atoms with Crippen molar-refractivity contribution in [1.29, 1.82) is 0 Å². The fourth-order valence-corrected chi connectivity index (χ4v) is 14.5. The van der Waals surface area contributed by atoms with E-state index < -0.39 is 0 Å². The molecule has 4 heterocycles. The van der Waals surface area contributed by atoms with Crippen molar-refractivity contribution in [1.82, 2.24) is 4.98 Å². The van der Waals surface area contributed by atoms with Crippen molar-refractivity contribution in [3.63, 3.8) is 0 Å². The summed E-state index contributed by atoms with van der Waals surface area (Å²) in [6, 6.07) is 68.9. The molecule has 82 heavy (non-hydrogen) atoms. The molecule has 0 spiro atoms. The third-order valence-corrected chi connectivity index (χ3v) is 19.5. The first-order valence-electron chi connectivity index (χ1n) is 30.3. The Morgan fingerprint density at radius 1 is 0.390 bits per heavy atom. The van der Waals surface area contributed by atoms with Gasteiger partial charge in [0.2, 0.25) is 0 Å². The molecule has 8 aromatic carbocycles. The third-order valence-electron chi connectivity index (χ3n) is 19.5. The monoisotopic (exact) mass is 1070 g/mol. The molecule has 1 saturated carbocycles. The summed E-state index contributed by atoms with van der Waals surface area (Å²) < 4.78 is 0. The summed E-state index contributed by atoms with van der Waals surface area (Å²) >= 11 is 0. The number of aromatic nitrogens is 1. The van der Waals surface area contributed by atoms with Crippen molar-refractivity contribution in [2.75, 3.05) is 14.7 Å². The van der Waals surface area contributed by atoms with Gasteiger partial charge < -0.3 is 14.7 Å². The van der Waals surface area contributed by atoms with Gasteiger partial charge in [0, 0.05) is 63.1 Å². The van der Waals surface area contributed by atoms with E-state index in [4.69, 9.17) is 0 Å². The number of pyridine rings is 1. The minimum Gasteiger partial charge on any atom is -0.334 e. The minimum absolute atomic E-state index is 0.0642. The van der Waals surface area contributed by atoms with Crippen LogP contribution in [-0.4, -0.2) is 17.2 Å². The average Bonchev–Trinajstić information content (AvgIpc) is 1.24.